The number of hydrogen-bond acceptors (Lipinski definition) is 3. The monoisotopic (exact) mass is 355 g/mol. The molecule has 2 N–H and O–H groups in total. The molecule has 0 spiro atoms. The second-order valence-electron chi connectivity index (χ2n) is 6.59. The molecule has 25 heavy (non-hydrogen) atoms. The smallest absolute Gasteiger partial charge is 0.339 e. The number of thiophene rings is 1. The molecule has 1 atom stereocenters. The van der Waals surface area contributed by atoms with Crippen molar-refractivity contribution >= 4 is 34.3 Å². The molecule has 1 aliphatic rings. The van der Waals surface area contributed by atoms with Gasteiger partial charge in [0.1, 0.15) is 5.00 Å². The molecule has 0 fully saturated rings. The van der Waals surface area contributed by atoms with Gasteiger partial charge in [-0.3, -0.25) is 4.79 Å². The molecule has 130 valence electrons. The molecule has 1 amide bonds. The Morgan fingerprint density at radius 3 is 2.68 bits per heavy atom. The molecule has 1 unspecified atom stereocenters. The molecule has 1 aromatic carbocycles. The Kier molecular flexibility index (Phi) is 5.04. The highest BCUT2D eigenvalue weighted by molar-refractivity contribution is 7.17. The van der Waals surface area contributed by atoms with Crippen LogP contribution in [0.4, 0.5) is 5.00 Å². The fraction of sp³-hybridized carbons (Fsp3) is 0.300. The lowest BCUT2D eigenvalue weighted by atomic mass is 9.88. The van der Waals surface area contributed by atoms with Gasteiger partial charge in [-0.25, -0.2) is 4.79 Å². The maximum Gasteiger partial charge on any atom is 0.339 e. The van der Waals surface area contributed by atoms with E-state index in [2.05, 4.69) is 12.2 Å². The number of hydrogen-bond donors (Lipinski definition) is 2. The Hall–Kier alpha value is -2.40. The van der Waals surface area contributed by atoms with E-state index in [4.69, 9.17) is 0 Å². The van der Waals surface area contributed by atoms with Crippen molar-refractivity contribution in [2.45, 2.75) is 33.1 Å². The number of carbonyl (C=O) groups is 2. The van der Waals surface area contributed by atoms with Crippen LogP contribution in [0.5, 0.6) is 0 Å². The highest BCUT2D eigenvalue weighted by Gasteiger charge is 2.27. The van der Waals surface area contributed by atoms with Gasteiger partial charge in [0.05, 0.1) is 5.56 Å². The van der Waals surface area contributed by atoms with E-state index in [0.717, 1.165) is 40.8 Å². The summed E-state index contributed by atoms with van der Waals surface area (Å²) in [5, 5.41) is 12.8. The summed E-state index contributed by atoms with van der Waals surface area (Å²) in [6.07, 6.45) is 5.81. The molecular formula is C20H21NO3S. The van der Waals surface area contributed by atoms with E-state index in [9.17, 15) is 14.7 Å². The molecule has 4 nitrogen and oxygen atoms in total. The number of benzene rings is 1. The zero-order chi connectivity index (χ0) is 18.0. The molecule has 3 rings (SSSR count). The zero-order valence-corrected chi connectivity index (χ0v) is 15.2. The van der Waals surface area contributed by atoms with Crippen molar-refractivity contribution in [3.63, 3.8) is 0 Å². The highest BCUT2D eigenvalue weighted by atomic mass is 32.1. The first-order chi connectivity index (χ1) is 11.9. The quantitative estimate of drug-likeness (QED) is 0.792. The lowest BCUT2D eigenvalue weighted by molar-refractivity contribution is -0.111. The molecule has 0 radical (unpaired) electrons. The van der Waals surface area contributed by atoms with E-state index < -0.39 is 5.97 Å². The molecule has 0 saturated heterocycles. The number of rotatable bonds is 4. The average molecular weight is 355 g/mol. The molecule has 0 saturated carbocycles. The number of aryl methyl sites for hydroxylation is 1. The number of amides is 1. The largest absolute Gasteiger partial charge is 0.478 e. The molecule has 5 heteroatoms. The summed E-state index contributed by atoms with van der Waals surface area (Å²) in [5.41, 5.74) is 3.25. The highest BCUT2D eigenvalue weighted by Crippen LogP contribution is 2.39. The lowest BCUT2D eigenvalue weighted by Gasteiger charge is -2.17. The predicted molar refractivity (Wildman–Crippen MR) is 101 cm³/mol. The molecule has 1 heterocycles. The number of carboxylic acid groups (broad SMARTS) is 1. The van der Waals surface area contributed by atoms with Gasteiger partial charge in [-0.1, -0.05) is 36.8 Å². The van der Waals surface area contributed by atoms with Crippen LogP contribution in [0.15, 0.2) is 30.3 Å². The Labute approximate surface area is 151 Å². The minimum Gasteiger partial charge on any atom is -0.478 e. The minimum atomic E-state index is -0.968. The number of nitrogens with one attached hydrogen (secondary N) is 1. The van der Waals surface area contributed by atoms with Gasteiger partial charge in [0.2, 0.25) is 5.91 Å². The summed E-state index contributed by atoms with van der Waals surface area (Å²) in [6.45, 7) is 4.18. The molecule has 2 aromatic rings. The topological polar surface area (TPSA) is 66.4 Å². The standard InChI is InChI=1S/C20H21NO3S/c1-12-3-6-14(7-4-12)8-10-17(22)21-19-18(20(23)24)15-9-5-13(2)11-16(15)25-19/h3-4,6-8,10,13H,5,9,11H2,1-2H3,(H,21,22)(H,23,24)/b10-8+. The predicted octanol–water partition coefficient (Wildman–Crippen LogP) is 4.53. The van der Waals surface area contributed by atoms with Gasteiger partial charge in [0.25, 0.3) is 0 Å². The number of aromatic carboxylic acids is 1. The summed E-state index contributed by atoms with van der Waals surface area (Å²) in [5.74, 6) is -0.725. The summed E-state index contributed by atoms with van der Waals surface area (Å²) in [4.78, 5) is 25.0. The van der Waals surface area contributed by atoms with E-state index in [1.165, 1.54) is 17.4 Å². The van der Waals surface area contributed by atoms with Gasteiger partial charge in [-0.05, 0) is 49.3 Å². The van der Waals surface area contributed by atoms with Crippen molar-refractivity contribution in [1.82, 2.24) is 0 Å². The van der Waals surface area contributed by atoms with Crippen molar-refractivity contribution in [2.75, 3.05) is 5.32 Å². The Morgan fingerprint density at radius 1 is 1.28 bits per heavy atom. The lowest BCUT2D eigenvalue weighted by Crippen LogP contribution is -2.13. The third kappa shape index (κ3) is 3.99. The van der Waals surface area contributed by atoms with Crippen molar-refractivity contribution < 1.29 is 14.7 Å². The fourth-order valence-corrected chi connectivity index (χ4v) is 4.47. The van der Waals surface area contributed by atoms with Crippen LogP contribution in [-0.2, 0) is 17.6 Å². The Bertz CT molecular complexity index is 833. The van der Waals surface area contributed by atoms with Crippen LogP contribution in [0.25, 0.3) is 6.08 Å². The Balaban J connectivity index is 1.79. The van der Waals surface area contributed by atoms with Crippen molar-refractivity contribution in [1.29, 1.82) is 0 Å². The number of anilines is 1. The summed E-state index contributed by atoms with van der Waals surface area (Å²) >= 11 is 1.40. The van der Waals surface area contributed by atoms with E-state index in [-0.39, 0.29) is 11.5 Å². The van der Waals surface area contributed by atoms with Gasteiger partial charge in [-0.2, -0.15) is 0 Å². The van der Waals surface area contributed by atoms with Crippen molar-refractivity contribution in [3.05, 3.63) is 57.5 Å². The van der Waals surface area contributed by atoms with E-state index in [1.807, 2.05) is 31.2 Å². The second kappa shape index (κ2) is 7.23. The third-order valence-electron chi connectivity index (χ3n) is 4.47. The molecule has 1 aliphatic carbocycles. The van der Waals surface area contributed by atoms with Crippen LogP contribution in [0, 0.1) is 12.8 Å². The third-order valence-corrected chi connectivity index (χ3v) is 5.64. The van der Waals surface area contributed by atoms with Crippen LogP contribution >= 0.6 is 11.3 Å². The van der Waals surface area contributed by atoms with Gasteiger partial charge in [0.15, 0.2) is 0 Å². The number of carboxylic acids is 1. The SMILES string of the molecule is Cc1ccc(/C=C/C(=O)Nc2sc3c(c2C(=O)O)CCC(C)C3)cc1. The summed E-state index contributed by atoms with van der Waals surface area (Å²) in [6, 6.07) is 7.84. The maximum absolute atomic E-state index is 12.2. The number of carbonyl (C=O) groups excluding carboxylic acids is 1. The molecule has 1 aromatic heterocycles. The van der Waals surface area contributed by atoms with Crippen molar-refractivity contribution in [3.8, 4) is 0 Å². The van der Waals surface area contributed by atoms with Gasteiger partial charge in [0, 0.05) is 11.0 Å². The van der Waals surface area contributed by atoms with Crippen LogP contribution in [0.3, 0.4) is 0 Å². The van der Waals surface area contributed by atoms with Crippen LogP contribution in [0.2, 0.25) is 0 Å². The molecule has 0 aliphatic heterocycles. The van der Waals surface area contributed by atoms with Gasteiger partial charge in [-0.15, -0.1) is 11.3 Å². The van der Waals surface area contributed by atoms with Crippen LogP contribution < -0.4 is 5.32 Å². The Morgan fingerprint density at radius 2 is 2.00 bits per heavy atom. The second-order valence-corrected chi connectivity index (χ2v) is 7.70. The normalized spacial score (nSPS) is 16.6. The van der Waals surface area contributed by atoms with Gasteiger partial charge >= 0.3 is 5.97 Å². The zero-order valence-electron chi connectivity index (χ0n) is 14.3. The molecule has 0 bridgehead atoms. The first-order valence-electron chi connectivity index (χ1n) is 8.37. The fourth-order valence-electron chi connectivity index (χ4n) is 3.07. The summed E-state index contributed by atoms with van der Waals surface area (Å²) in [7, 11) is 0. The van der Waals surface area contributed by atoms with Crippen LogP contribution in [-0.4, -0.2) is 17.0 Å². The van der Waals surface area contributed by atoms with E-state index >= 15 is 0 Å². The van der Waals surface area contributed by atoms with Gasteiger partial charge < -0.3 is 10.4 Å². The van der Waals surface area contributed by atoms with Crippen LogP contribution in [0.1, 0.15) is 45.3 Å². The van der Waals surface area contributed by atoms with E-state index in [1.54, 1.807) is 6.08 Å². The maximum atomic E-state index is 12.2. The first-order valence-corrected chi connectivity index (χ1v) is 9.19. The summed E-state index contributed by atoms with van der Waals surface area (Å²) < 4.78 is 0. The van der Waals surface area contributed by atoms with Crippen molar-refractivity contribution in [2.24, 2.45) is 5.92 Å². The average Bonchev–Trinajstić information content (AvgIpc) is 2.91. The number of fused-ring (bicyclic) bond motifs is 1. The van der Waals surface area contributed by atoms with E-state index in [0.29, 0.717) is 10.9 Å². The first kappa shape index (κ1) is 17.4. The minimum absolute atomic E-state index is 0.268. The molecular weight excluding hydrogens is 334 g/mol.